The van der Waals surface area contributed by atoms with Gasteiger partial charge in [0, 0.05) is 6.92 Å². The number of esters is 1. The molecule has 2 heteroatoms. The maximum Gasteiger partial charge on any atom is 0.303 e. The van der Waals surface area contributed by atoms with E-state index in [1.807, 2.05) is 0 Å². The van der Waals surface area contributed by atoms with E-state index in [1.54, 1.807) is 6.92 Å². The van der Waals surface area contributed by atoms with Crippen LogP contribution in [-0.4, -0.2) is 11.6 Å². The van der Waals surface area contributed by atoms with E-state index in [2.05, 4.69) is 20.8 Å². The number of hydrogen-bond donors (Lipinski definition) is 0. The molecule has 0 aliphatic heterocycles. The van der Waals surface area contributed by atoms with Crippen LogP contribution in [0.4, 0.5) is 0 Å². The van der Waals surface area contributed by atoms with Crippen LogP contribution in [0, 0.1) is 11.8 Å². The molecule has 1 aliphatic rings. The van der Waals surface area contributed by atoms with Gasteiger partial charge in [-0.1, -0.05) is 40.0 Å². The summed E-state index contributed by atoms with van der Waals surface area (Å²) in [5, 5.41) is 0. The lowest BCUT2D eigenvalue weighted by molar-refractivity contribution is -0.168. The molecule has 0 saturated heterocycles. The third kappa shape index (κ3) is 4.01. The lowest BCUT2D eigenvalue weighted by Gasteiger charge is -2.42. The van der Waals surface area contributed by atoms with E-state index in [0.717, 1.165) is 12.8 Å². The zero-order valence-electron chi connectivity index (χ0n) is 11.9. The Morgan fingerprint density at radius 1 is 1.29 bits per heavy atom. The first-order valence-corrected chi connectivity index (χ1v) is 7.19. The zero-order chi connectivity index (χ0) is 12.9. The minimum Gasteiger partial charge on any atom is -0.459 e. The van der Waals surface area contributed by atoms with E-state index in [4.69, 9.17) is 4.74 Å². The van der Waals surface area contributed by atoms with E-state index in [1.165, 1.54) is 32.1 Å². The molecule has 0 bridgehead atoms. The van der Waals surface area contributed by atoms with Crippen LogP contribution >= 0.6 is 0 Å². The summed E-state index contributed by atoms with van der Waals surface area (Å²) in [6.07, 6.45) is 8.36. The van der Waals surface area contributed by atoms with Crippen LogP contribution in [-0.2, 0) is 9.53 Å². The Labute approximate surface area is 106 Å². The molecule has 100 valence electrons. The van der Waals surface area contributed by atoms with Crippen LogP contribution < -0.4 is 0 Å². The Kier molecular flexibility index (Phi) is 5.48. The van der Waals surface area contributed by atoms with Crippen LogP contribution in [0.3, 0.4) is 0 Å². The van der Waals surface area contributed by atoms with Gasteiger partial charge in [0.15, 0.2) is 0 Å². The maximum absolute atomic E-state index is 11.4. The first-order valence-electron chi connectivity index (χ1n) is 7.19. The van der Waals surface area contributed by atoms with Crippen molar-refractivity contribution in [2.75, 3.05) is 0 Å². The Balaban J connectivity index is 2.83. The summed E-state index contributed by atoms with van der Waals surface area (Å²) in [4.78, 5) is 11.4. The monoisotopic (exact) mass is 240 g/mol. The molecule has 0 aromatic rings. The quantitative estimate of drug-likeness (QED) is 0.669. The van der Waals surface area contributed by atoms with Gasteiger partial charge in [-0.25, -0.2) is 0 Å². The smallest absolute Gasteiger partial charge is 0.303 e. The standard InChI is InChI=1S/C15H28O2/c1-5-15(11-12(2)3,17-13(4)16)14-9-7-6-8-10-14/h12,14H,5-11H2,1-4H3. The molecule has 17 heavy (non-hydrogen) atoms. The fourth-order valence-corrected chi connectivity index (χ4v) is 3.40. The second-order valence-corrected chi connectivity index (χ2v) is 5.94. The molecule has 0 spiro atoms. The van der Waals surface area contributed by atoms with Crippen LogP contribution in [0.1, 0.15) is 72.6 Å². The second kappa shape index (κ2) is 6.42. The average molecular weight is 240 g/mol. The van der Waals surface area contributed by atoms with Gasteiger partial charge < -0.3 is 4.74 Å². The minimum atomic E-state index is -0.194. The van der Waals surface area contributed by atoms with Crippen molar-refractivity contribution in [3.05, 3.63) is 0 Å². The largest absolute Gasteiger partial charge is 0.459 e. The number of hydrogen-bond acceptors (Lipinski definition) is 2. The molecule has 0 aromatic heterocycles. The maximum atomic E-state index is 11.4. The molecule has 1 unspecified atom stereocenters. The molecule has 1 rings (SSSR count). The normalized spacial score (nSPS) is 21.2. The van der Waals surface area contributed by atoms with Gasteiger partial charge in [0.25, 0.3) is 0 Å². The highest BCUT2D eigenvalue weighted by Crippen LogP contribution is 2.41. The van der Waals surface area contributed by atoms with Crippen molar-refractivity contribution in [3.8, 4) is 0 Å². The van der Waals surface area contributed by atoms with Gasteiger partial charge in [-0.2, -0.15) is 0 Å². The Bertz CT molecular complexity index is 241. The molecule has 0 N–H and O–H groups in total. The molecule has 1 aliphatic carbocycles. The molecule has 0 amide bonds. The summed E-state index contributed by atoms with van der Waals surface area (Å²) in [5.41, 5.74) is -0.194. The first-order chi connectivity index (χ1) is 8.00. The lowest BCUT2D eigenvalue weighted by atomic mass is 9.72. The third-order valence-electron chi connectivity index (χ3n) is 4.05. The van der Waals surface area contributed by atoms with E-state index in [9.17, 15) is 4.79 Å². The van der Waals surface area contributed by atoms with Crippen LogP contribution in [0.25, 0.3) is 0 Å². The molecule has 1 fully saturated rings. The molecular weight excluding hydrogens is 212 g/mol. The Hall–Kier alpha value is -0.530. The van der Waals surface area contributed by atoms with E-state index >= 15 is 0 Å². The minimum absolute atomic E-state index is 0.113. The lowest BCUT2D eigenvalue weighted by Crippen LogP contribution is -2.44. The summed E-state index contributed by atoms with van der Waals surface area (Å²) < 4.78 is 5.80. The highest BCUT2D eigenvalue weighted by Gasteiger charge is 2.41. The van der Waals surface area contributed by atoms with Gasteiger partial charge >= 0.3 is 5.97 Å². The van der Waals surface area contributed by atoms with E-state index in [-0.39, 0.29) is 11.6 Å². The van der Waals surface area contributed by atoms with Crippen molar-refractivity contribution < 1.29 is 9.53 Å². The van der Waals surface area contributed by atoms with Crippen LogP contribution in [0.5, 0.6) is 0 Å². The summed E-state index contributed by atoms with van der Waals surface area (Å²) in [6.45, 7) is 8.15. The van der Waals surface area contributed by atoms with Crippen LogP contribution in [0.2, 0.25) is 0 Å². The Morgan fingerprint density at radius 2 is 1.88 bits per heavy atom. The van der Waals surface area contributed by atoms with Crippen molar-refractivity contribution >= 4 is 5.97 Å². The number of ether oxygens (including phenoxy) is 1. The van der Waals surface area contributed by atoms with Gasteiger partial charge in [0.05, 0.1) is 0 Å². The average Bonchev–Trinajstić information content (AvgIpc) is 2.28. The van der Waals surface area contributed by atoms with Crippen molar-refractivity contribution in [2.45, 2.75) is 78.2 Å². The first kappa shape index (κ1) is 14.5. The van der Waals surface area contributed by atoms with Gasteiger partial charge in [0.1, 0.15) is 5.60 Å². The fraction of sp³-hybridized carbons (Fsp3) is 0.933. The number of rotatable bonds is 5. The van der Waals surface area contributed by atoms with Gasteiger partial charge in [-0.05, 0) is 37.5 Å². The Morgan fingerprint density at radius 3 is 2.29 bits per heavy atom. The van der Waals surface area contributed by atoms with Crippen LogP contribution in [0.15, 0.2) is 0 Å². The summed E-state index contributed by atoms with van der Waals surface area (Å²) in [6, 6.07) is 0. The summed E-state index contributed by atoms with van der Waals surface area (Å²) in [7, 11) is 0. The van der Waals surface area contributed by atoms with Crippen molar-refractivity contribution in [2.24, 2.45) is 11.8 Å². The van der Waals surface area contributed by atoms with Gasteiger partial charge in [0.2, 0.25) is 0 Å². The molecular formula is C15H28O2. The third-order valence-corrected chi connectivity index (χ3v) is 4.05. The summed E-state index contributed by atoms with van der Waals surface area (Å²) in [5.74, 6) is 1.04. The summed E-state index contributed by atoms with van der Waals surface area (Å²) >= 11 is 0. The van der Waals surface area contributed by atoms with Gasteiger partial charge in [-0.15, -0.1) is 0 Å². The molecule has 2 nitrogen and oxygen atoms in total. The van der Waals surface area contributed by atoms with Crippen molar-refractivity contribution in [1.82, 2.24) is 0 Å². The zero-order valence-corrected chi connectivity index (χ0v) is 11.9. The molecule has 0 aromatic carbocycles. The number of carbonyl (C=O) groups excluding carboxylic acids is 1. The molecule has 1 saturated carbocycles. The predicted molar refractivity (Wildman–Crippen MR) is 70.8 cm³/mol. The molecule has 0 radical (unpaired) electrons. The second-order valence-electron chi connectivity index (χ2n) is 5.94. The molecule has 0 heterocycles. The van der Waals surface area contributed by atoms with Crippen molar-refractivity contribution in [3.63, 3.8) is 0 Å². The molecule has 1 atom stereocenters. The van der Waals surface area contributed by atoms with Gasteiger partial charge in [-0.3, -0.25) is 4.79 Å². The number of carbonyl (C=O) groups is 1. The highest BCUT2D eigenvalue weighted by molar-refractivity contribution is 5.66. The highest BCUT2D eigenvalue weighted by atomic mass is 16.6. The predicted octanol–water partition coefficient (Wildman–Crippen LogP) is 4.32. The fourth-order valence-electron chi connectivity index (χ4n) is 3.40. The van der Waals surface area contributed by atoms with E-state index < -0.39 is 0 Å². The van der Waals surface area contributed by atoms with E-state index in [0.29, 0.717) is 11.8 Å². The SMILES string of the molecule is CCC(CC(C)C)(OC(C)=O)C1CCCCC1. The topological polar surface area (TPSA) is 26.3 Å². The van der Waals surface area contributed by atoms with Crippen molar-refractivity contribution in [1.29, 1.82) is 0 Å².